The van der Waals surface area contributed by atoms with Crippen molar-refractivity contribution in [3.63, 3.8) is 0 Å². The van der Waals surface area contributed by atoms with Crippen LogP contribution in [0.2, 0.25) is 0 Å². The van der Waals surface area contributed by atoms with Crippen LogP contribution >= 0.6 is 0 Å². The molecule has 0 radical (unpaired) electrons. The maximum Gasteiger partial charge on any atom is 0.335 e. The molecule has 0 amide bonds. The average Bonchev–Trinajstić information content (AvgIpc) is 2.73. The fraction of sp³-hybridized carbons (Fsp3) is 0.0952. The van der Waals surface area contributed by atoms with Crippen LogP contribution in [0.1, 0.15) is 28.4 Å². The van der Waals surface area contributed by atoms with Crippen molar-refractivity contribution >= 4 is 21.7 Å². The number of aryl methyl sites for hydroxylation is 1. The molecule has 0 fully saturated rings. The molecule has 0 saturated heterocycles. The first kappa shape index (κ1) is 20.0. The van der Waals surface area contributed by atoms with E-state index in [2.05, 4.69) is 9.71 Å². The van der Waals surface area contributed by atoms with Gasteiger partial charge in [0.05, 0.1) is 27.8 Å². The van der Waals surface area contributed by atoms with E-state index in [0.717, 1.165) is 6.07 Å². The van der Waals surface area contributed by atoms with Crippen LogP contribution in [-0.4, -0.2) is 24.5 Å². The van der Waals surface area contributed by atoms with Crippen molar-refractivity contribution in [3.05, 3.63) is 77.6 Å². The molecule has 2 N–H and O–H groups in total. The van der Waals surface area contributed by atoms with E-state index in [4.69, 9.17) is 0 Å². The summed E-state index contributed by atoms with van der Waals surface area (Å²) in [6.07, 6.45) is 3.59. The number of carboxylic acids is 1. The Morgan fingerprint density at radius 2 is 2.00 bits per heavy atom. The molecule has 0 saturated carbocycles. The standard InChI is InChI=1S/C21H17N3O4S/c1-2-15-6-7-16(21(25)26)11-20(15)29(27,28)24-19-10-14(12-22)5-8-18(19)17-4-3-9-23-13-17/h3-11,13,24H,2H2,1H3,(H,25,26). The highest BCUT2D eigenvalue weighted by Gasteiger charge is 2.22. The van der Waals surface area contributed by atoms with Gasteiger partial charge in [0.1, 0.15) is 0 Å². The monoisotopic (exact) mass is 407 g/mol. The van der Waals surface area contributed by atoms with E-state index < -0.39 is 16.0 Å². The average molecular weight is 407 g/mol. The first-order valence-electron chi connectivity index (χ1n) is 8.69. The Balaban J connectivity index is 2.13. The topological polar surface area (TPSA) is 120 Å². The molecule has 3 rings (SSSR count). The Morgan fingerprint density at radius 3 is 2.62 bits per heavy atom. The Kier molecular flexibility index (Phi) is 5.61. The molecular weight excluding hydrogens is 390 g/mol. The lowest BCUT2D eigenvalue weighted by atomic mass is 10.0. The van der Waals surface area contributed by atoms with Gasteiger partial charge >= 0.3 is 5.97 Å². The summed E-state index contributed by atoms with van der Waals surface area (Å²) in [4.78, 5) is 15.2. The maximum absolute atomic E-state index is 13.1. The Hall–Kier alpha value is -3.70. The van der Waals surface area contributed by atoms with Gasteiger partial charge in [-0.25, -0.2) is 13.2 Å². The minimum Gasteiger partial charge on any atom is -0.478 e. The number of hydrogen-bond donors (Lipinski definition) is 2. The number of rotatable bonds is 6. The summed E-state index contributed by atoms with van der Waals surface area (Å²) in [5.41, 5.74) is 2.07. The SMILES string of the molecule is CCc1ccc(C(=O)O)cc1S(=O)(=O)Nc1cc(C#N)ccc1-c1cccnc1. The molecule has 2 aromatic carbocycles. The van der Waals surface area contributed by atoms with Gasteiger partial charge in [0, 0.05) is 23.5 Å². The van der Waals surface area contributed by atoms with Crippen molar-refractivity contribution < 1.29 is 18.3 Å². The number of nitrogens with one attached hydrogen (secondary N) is 1. The number of hydrogen-bond acceptors (Lipinski definition) is 5. The van der Waals surface area contributed by atoms with Gasteiger partial charge in [0.25, 0.3) is 10.0 Å². The van der Waals surface area contributed by atoms with Gasteiger partial charge in [-0.05, 0) is 42.3 Å². The summed E-state index contributed by atoms with van der Waals surface area (Å²) in [5.74, 6) is -1.22. The molecule has 146 valence electrons. The highest BCUT2D eigenvalue weighted by Crippen LogP contribution is 2.31. The molecule has 0 bridgehead atoms. The number of sulfonamides is 1. The molecule has 7 nitrogen and oxygen atoms in total. The zero-order valence-corrected chi connectivity index (χ0v) is 16.3. The van der Waals surface area contributed by atoms with Crippen LogP contribution in [0.3, 0.4) is 0 Å². The van der Waals surface area contributed by atoms with Gasteiger partial charge in [-0.1, -0.05) is 25.1 Å². The summed E-state index contributed by atoms with van der Waals surface area (Å²) >= 11 is 0. The lowest BCUT2D eigenvalue weighted by Gasteiger charge is -2.15. The summed E-state index contributed by atoms with van der Waals surface area (Å²) in [6, 6.07) is 14.2. The van der Waals surface area contributed by atoms with E-state index in [9.17, 15) is 23.6 Å². The molecule has 0 aliphatic carbocycles. The maximum atomic E-state index is 13.1. The summed E-state index contributed by atoms with van der Waals surface area (Å²) in [7, 11) is -4.11. The summed E-state index contributed by atoms with van der Waals surface area (Å²) < 4.78 is 28.8. The number of pyridine rings is 1. The lowest BCUT2D eigenvalue weighted by molar-refractivity contribution is 0.0696. The predicted molar refractivity (Wildman–Crippen MR) is 108 cm³/mol. The Labute approximate surface area is 168 Å². The van der Waals surface area contributed by atoms with Gasteiger partial charge in [0.2, 0.25) is 0 Å². The van der Waals surface area contributed by atoms with E-state index in [0.29, 0.717) is 23.1 Å². The largest absolute Gasteiger partial charge is 0.478 e. The molecule has 0 unspecified atom stereocenters. The van der Waals surface area contributed by atoms with Crippen molar-refractivity contribution in [2.75, 3.05) is 4.72 Å². The van der Waals surface area contributed by atoms with E-state index in [1.165, 1.54) is 18.2 Å². The van der Waals surface area contributed by atoms with Crippen LogP contribution in [0.4, 0.5) is 5.69 Å². The minimum atomic E-state index is -4.11. The minimum absolute atomic E-state index is 0.112. The predicted octanol–water partition coefficient (Wildman–Crippen LogP) is 3.68. The van der Waals surface area contributed by atoms with Gasteiger partial charge in [-0.2, -0.15) is 5.26 Å². The molecule has 3 aromatic rings. The smallest absolute Gasteiger partial charge is 0.335 e. The van der Waals surface area contributed by atoms with Gasteiger partial charge in [-0.3, -0.25) is 9.71 Å². The quantitative estimate of drug-likeness (QED) is 0.643. The third-order valence-electron chi connectivity index (χ3n) is 4.35. The van der Waals surface area contributed by atoms with Crippen molar-refractivity contribution in [2.45, 2.75) is 18.2 Å². The van der Waals surface area contributed by atoms with Crippen LogP contribution in [-0.2, 0) is 16.4 Å². The van der Waals surface area contributed by atoms with E-state index >= 15 is 0 Å². The van der Waals surface area contributed by atoms with Crippen LogP contribution in [0.5, 0.6) is 0 Å². The molecule has 0 atom stereocenters. The van der Waals surface area contributed by atoms with Gasteiger partial charge < -0.3 is 5.11 Å². The first-order chi connectivity index (χ1) is 13.9. The van der Waals surface area contributed by atoms with Crippen molar-refractivity contribution in [1.29, 1.82) is 5.26 Å². The highest BCUT2D eigenvalue weighted by atomic mass is 32.2. The van der Waals surface area contributed by atoms with E-state index in [1.807, 2.05) is 6.07 Å². The second-order valence-corrected chi connectivity index (χ2v) is 7.85. The van der Waals surface area contributed by atoms with E-state index in [1.54, 1.807) is 43.6 Å². The third kappa shape index (κ3) is 4.25. The second-order valence-electron chi connectivity index (χ2n) is 6.20. The summed E-state index contributed by atoms with van der Waals surface area (Å²) in [6.45, 7) is 1.78. The number of aromatic carboxylic acids is 1. The second kappa shape index (κ2) is 8.12. The number of nitriles is 1. The summed E-state index contributed by atoms with van der Waals surface area (Å²) in [5, 5.41) is 18.4. The van der Waals surface area contributed by atoms with E-state index in [-0.39, 0.29) is 21.7 Å². The van der Waals surface area contributed by atoms with Crippen LogP contribution < -0.4 is 4.72 Å². The molecule has 1 heterocycles. The third-order valence-corrected chi connectivity index (χ3v) is 5.80. The number of carboxylic acid groups (broad SMARTS) is 1. The first-order valence-corrected chi connectivity index (χ1v) is 10.2. The lowest BCUT2D eigenvalue weighted by Crippen LogP contribution is -2.16. The van der Waals surface area contributed by atoms with Gasteiger partial charge in [-0.15, -0.1) is 0 Å². The van der Waals surface area contributed by atoms with Crippen LogP contribution in [0.15, 0.2) is 65.8 Å². The zero-order chi connectivity index (χ0) is 21.0. The fourth-order valence-electron chi connectivity index (χ4n) is 2.90. The zero-order valence-electron chi connectivity index (χ0n) is 15.5. The number of carbonyl (C=O) groups is 1. The highest BCUT2D eigenvalue weighted by molar-refractivity contribution is 7.92. The normalized spacial score (nSPS) is 10.9. The number of nitrogens with zero attached hydrogens (tertiary/aromatic N) is 2. The molecule has 1 aromatic heterocycles. The Bertz CT molecular complexity index is 1220. The fourth-order valence-corrected chi connectivity index (χ4v) is 4.31. The molecule has 0 aliphatic rings. The molecule has 0 aliphatic heterocycles. The van der Waals surface area contributed by atoms with Crippen LogP contribution in [0, 0.1) is 11.3 Å². The van der Waals surface area contributed by atoms with Gasteiger partial charge in [0.15, 0.2) is 0 Å². The molecule has 0 spiro atoms. The molecular formula is C21H17N3O4S. The Morgan fingerprint density at radius 1 is 1.21 bits per heavy atom. The number of anilines is 1. The van der Waals surface area contributed by atoms with Crippen molar-refractivity contribution in [2.24, 2.45) is 0 Å². The van der Waals surface area contributed by atoms with Crippen LogP contribution in [0.25, 0.3) is 11.1 Å². The van der Waals surface area contributed by atoms with Crippen molar-refractivity contribution in [1.82, 2.24) is 4.98 Å². The van der Waals surface area contributed by atoms with Crippen molar-refractivity contribution in [3.8, 4) is 17.2 Å². The molecule has 29 heavy (non-hydrogen) atoms. The number of aromatic nitrogens is 1. The number of benzene rings is 2. The molecule has 8 heteroatoms.